The van der Waals surface area contributed by atoms with Crippen molar-refractivity contribution in [1.82, 2.24) is 5.32 Å². The lowest BCUT2D eigenvalue weighted by Gasteiger charge is -2.22. The minimum Gasteiger partial charge on any atom is -0.306 e. The lowest BCUT2D eigenvalue weighted by atomic mass is 9.96. The van der Waals surface area contributed by atoms with E-state index in [1.54, 1.807) is 25.2 Å². The summed E-state index contributed by atoms with van der Waals surface area (Å²) >= 11 is 6.18. The van der Waals surface area contributed by atoms with Crippen LogP contribution in [0.15, 0.2) is 47.4 Å². The van der Waals surface area contributed by atoms with Gasteiger partial charge in [-0.25, -0.2) is 8.42 Å². The number of hydrogen-bond donors (Lipinski definition) is 1. The van der Waals surface area contributed by atoms with Gasteiger partial charge in [0.1, 0.15) is 0 Å². The van der Waals surface area contributed by atoms with Crippen LogP contribution in [0.25, 0.3) is 0 Å². The third kappa shape index (κ3) is 2.92. The first-order valence-electron chi connectivity index (χ1n) is 8.07. The van der Waals surface area contributed by atoms with Gasteiger partial charge in [0.05, 0.1) is 16.6 Å². The topological polar surface area (TPSA) is 49.4 Å². The second kappa shape index (κ2) is 6.75. The molecule has 1 unspecified atom stereocenters. The highest BCUT2D eigenvalue weighted by Gasteiger charge is 2.34. The monoisotopic (exact) mass is 364 g/mol. The second-order valence-electron chi connectivity index (χ2n) is 5.95. The van der Waals surface area contributed by atoms with E-state index in [0.29, 0.717) is 21.2 Å². The molecule has 1 aliphatic heterocycles. The van der Waals surface area contributed by atoms with Gasteiger partial charge in [0, 0.05) is 12.1 Å². The molecule has 0 saturated carbocycles. The molecule has 3 rings (SSSR count). The van der Waals surface area contributed by atoms with E-state index in [1.165, 1.54) is 4.31 Å². The Bertz CT molecular complexity index is 852. The van der Waals surface area contributed by atoms with Crippen LogP contribution in [0.1, 0.15) is 36.9 Å². The van der Waals surface area contributed by atoms with Crippen molar-refractivity contribution in [3.8, 4) is 0 Å². The summed E-state index contributed by atoms with van der Waals surface area (Å²) < 4.78 is 27.4. The van der Waals surface area contributed by atoms with Crippen LogP contribution in [0.3, 0.4) is 0 Å². The molecule has 0 amide bonds. The van der Waals surface area contributed by atoms with Gasteiger partial charge < -0.3 is 5.32 Å². The van der Waals surface area contributed by atoms with Crippen molar-refractivity contribution in [1.29, 1.82) is 0 Å². The van der Waals surface area contributed by atoms with Crippen LogP contribution < -0.4 is 9.62 Å². The highest BCUT2D eigenvalue weighted by atomic mass is 35.5. The highest BCUT2D eigenvalue weighted by molar-refractivity contribution is 7.92. The first kappa shape index (κ1) is 17.3. The molecule has 2 aromatic carbocycles. The minimum absolute atomic E-state index is 0.207. The smallest absolute Gasteiger partial charge is 0.264 e. The summed E-state index contributed by atoms with van der Waals surface area (Å²) in [5, 5.41) is 4.05. The molecule has 0 bridgehead atoms. The van der Waals surface area contributed by atoms with E-state index in [1.807, 2.05) is 24.3 Å². The summed E-state index contributed by atoms with van der Waals surface area (Å²) in [6.07, 6.45) is 2.10. The zero-order valence-corrected chi connectivity index (χ0v) is 15.4. The molecule has 2 aromatic rings. The molecule has 6 heteroatoms. The fourth-order valence-electron chi connectivity index (χ4n) is 3.09. The number of halogens is 1. The summed E-state index contributed by atoms with van der Waals surface area (Å²) in [5.41, 5.74) is 2.34. The molecular formula is C18H21ClN2O2S. The predicted molar refractivity (Wildman–Crippen MR) is 98.2 cm³/mol. The van der Waals surface area contributed by atoms with Crippen LogP contribution in [0.4, 0.5) is 5.69 Å². The van der Waals surface area contributed by atoms with E-state index in [9.17, 15) is 8.42 Å². The van der Waals surface area contributed by atoms with Crippen molar-refractivity contribution in [3.05, 3.63) is 58.6 Å². The molecule has 1 N–H and O–H groups in total. The standard InChI is InChI=1S/C18H21ClN2O2S/c1-3-4-11-20-18-14-7-5-6-8-16(14)21(2)24(22,23)17-10-9-13(19)12-15(17)18/h5-10,12,18,20H,3-4,11H2,1-2H3. The Morgan fingerprint density at radius 1 is 1.17 bits per heavy atom. The van der Waals surface area contributed by atoms with Crippen LogP contribution in [0.2, 0.25) is 5.02 Å². The van der Waals surface area contributed by atoms with E-state index in [4.69, 9.17) is 11.6 Å². The number of hydrogen-bond acceptors (Lipinski definition) is 3. The summed E-state index contributed by atoms with van der Waals surface area (Å²) in [4.78, 5) is 0.305. The molecule has 0 saturated heterocycles. The molecule has 0 aliphatic carbocycles. The first-order valence-corrected chi connectivity index (χ1v) is 9.89. The van der Waals surface area contributed by atoms with Crippen molar-refractivity contribution in [2.45, 2.75) is 30.7 Å². The molecule has 1 aliphatic rings. The maximum atomic E-state index is 13.0. The summed E-state index contributed by atoms with van der Waals surface area (Å²) in [6, 6.07) is 12.4. The van der Waals surface area contributed by atoms with Gasteiger partial charge in [0.15, 0.2) is 0 Å². The molecule has 4 nitrogen and oxygen atoms in total. The number of unbranched alkanes of at least 4 members (excludes halogenated alkanes) is 1. The van der Waals surface area contributed by atoms with Crippen LogP contribution in [-0.4, -0.2) is 22.0 Å². The number of fused-ring (bicyclic) bond motifs is 2. The summed E-state index contributed by atoms with van der Waals surface area (Å²) in [7, 11) is -2.02. The number of benzene rings is 2. The molecular weight excluding hydrogens is 344 g/mol. The number of rotatable bonds is 4. The third-order valence-electron chi connectivity index (χ3n) is 4.39. The Morgan fingerprint density at radius 2 is 1.92 bits per heavy atom. The van der Waals surface area contributed by atoms with Gasteiger partial charge in [-0.15, -0.1) is 0 Å². The van der Waals surface area contributed by atoms with Gasteiger partial charge in [-0.1, -0.05) is 43.1 Å². The molecule has 0 fully saturated rings. The average Bonchev–Trinajstić information content (AvgIpc) is 2.63. The lowest BCUT2D eigenvalue weighted by molar-refractivity contribution is 0.570. The summed E-state index contributed by atoms with van der Waals surface area (Å²) in [6.45, 7) is 2.94. The Balaban J connectivity index is 2.25. The lowest BCUT2D eigenvalue weighted by Crippen LogP contribution is -2.26. The van der Waals surface area contributed by atoms with Gasteiger partial charge in [0.25, 0.3) is 10.0 Å². The number of sulfonamides is 1. The Morgan fingerprint density at radius 3 is 2.67 bits per heavy atom. The largest absolute Gasteiger partial charge is 0.306 e. The first-order chi connectivity index (χ1) is 11.5. The number of anilines is 1. The van der Waals surface area contributed by atoms with Gasteiger partial charge >= 0.3 is 0 Å². The van der Waals surface area contributed by atoms with Crippen LogP contribution in [0, 0.1) is 0 Å². The zero-order valence-electron chi connectivity index (χ0n) is 13.8. The van der Waals surface area contributed by atoms with Gasteiger partial charge in [0.2, 0.25) is 0 Å². The van der Waals surface area contributed by atoms with Gasteiger partial charge in [-0.05, 0) is 48.4 Å². The number of nitrogens with one attached hydrogen (secondary N) is 1. The molecule has 1 heterocycles. The van der Waals surface area contributed by atoms with Crippen molar-refractivity contribution < 1.29 is 8.42 Å². The van der Waals surface area contributed by atoms with Crippen LogP contribution in [0.5, 0.6) is 0 Å². The highest BCUT2D eigenvalue weighted by Crippen LogP contribution is 2.40. The van der Waals surface area contributed by atoms with E-state index >= 15 is 0 Å². The Hall–Kier alpha value is -1.56. The van der Waals surface area contributed by atoms with Gasteiger partial charge in [-0.3, -0.25) is 4.31 Å². The van der Waals surface area contributed by atoms with Crippen molar-refractivity contribution in [3.63, 3.8) is 0 Å². The average molecular weight is 365 g/mol. The zero-order chi connectivity index (χ0) is 17.3. The quantitative estimate of drug-likeness (QED) is 0.835. The van der Waals surface area contributed by atoms with Crippen LogP contribution in [-0.2, 0) is 10.0 Å². The Labute approximate surface area is 148 Å². The van der Waals surface area contributed by atoms with E-state index < -0.39 is 10.0 Å². The predicted octanol–water partition coefficient (Wildman–Crippen LogP) is 3.96. The second-order valence-corrected chi connectivity index (χ2v) is 8.33. The maximum absolute atomic E-state index is 13.0. The van der Waals surface area contributed by atoms with Crippen molar-refractivity contribution >= 4 is 27.3 Å². The molecule has 0 spiro atoms. The molecule has 128 valence electrons. The van der Waals surface area contributed by atoms with Crippen molar-refractivity contribution in [2.24, 2.45) is 0 Å². The fraction of sp³-hybridized carbons (Fsp3) is 0.333. The fourth-order valence-corrected chi connectivity index (χ4v) is 4.70. The van der Waals surface area contributed by atoms with Gasteiger partial charge in [-0.2, -0.15) is 0 Å². The van der Waals surface area contributed by atoms with Crippen LogP contribution >= 0.6 is 11.6 Å². The minimum atomic E-state index is -3.62. The van der Waals surface area contributed by atoms with E-state index in [0.717, 1.165) is 24.9 Å². The molecule has 24 heavy (non-hydrogen) atoms. The normalized spacial score (nSPS) is 18.6. The third-order valence-corrected chi connectivity index (χ3v) is 6.47. The van der Waals surface area contributed by atoms with E-state index in [2.05, 4.69) is 12.2 Å². The molecule has 0 aromatic heterocycles. The maximum Gasteiger partial charge on any atom is 0.264 e. The molecule has 0 radical (unpaired) electrons. The number of nitrogens with zero attached hydrogens (tertiary/aromatic N) is 1. The number of para-hydroxylation sites is 1. The van der Waals surface area contributed by atoms with Crippen molar-refractivity contribution in [2.75, 3.05) is 17.9 Å². The SMILES string of the molecule is CCCCNC1c2ccccc2N(C)S(=O)(=O)c2ccc(Cl)cc21. The van der Waals surface area contributed by atoms with E-state index in [-0.39, 0.29) is 6.04 Å². The summed E-state index contributed by atoms with van der Waals surface area (Å²) in [5.74, 6) is 0. The molecule has 1 atom stereocenters. The Kier molecular flexibility index (Phi) is 4.85.